The summed E-state index contributed by atoms with van der Waals surface area (Å²) in [5.74, 6) is -0.576. The van der Waals surface area contributed by atoms with Gasteiger partial charge < -0.3 is 14.7 Å². The molecule has 0 heterocycles. The topological polar surface area (TPSA) is 66.8 Å². The largest absolute Gasteiger partial charge is 0.480 e. The SMILES string of the molecule is CN(CC(=O)O)C(=O)OCC1CCCCC1. The molecule has 0 spiro atoms. The van der Waals surface area contributed by atoms with Crippen LogP contribution in [0, 0.1) is 5.92 Å². The number of hydrogen-bond acceptors (Lipinski definition) is 3. The average molecular weight is 229 g/mol. The quantitative estimate of drug-likeness (QED) is 0.797. The van der Waals surface area contributed by atoms with E-state index in [2.05, 4.69) is 0 Å². The van der Waals surface area contributed by atoms with Gasteiger partial charge in [0.05, 0.1) is 6.61 Å². The van der Waals surface area contributed by atoms with Crippen LogP contribution in [0.2, 0.25) is 0 Å². The van der Waals surface area contributed by atoms with Gasteiger partial charge in [0, 0.05) is 7.05 Å². The number of likely N-dealkylation sites (N-methyl/N-ethyl adjacent to an activating group) is 1. The van der Waals surface area contributed by atoms with Gasteiger partial charge in [-0.05, 0) is 18.8 Å². The first-order chi connectivity index (χ1) is 7.59. The molecule has 1 amide bonds. The van der Waals surface area contributed by atoms with Gasteiger partial charge >= 0.3 is 12.1 Å². The summed E-state index contributed by atoms with van der Waals surface area (Å²) in [6.07, 6.45) is 5.34. The molecule has 1 saturated carbocycles. The summed E-state index contributed by atoms with van der Waals surface area (Å²) in [6, 6.07) is 0. The zero-order valence-electron chi connectivity index (χ0n) is 9.65. The standard InChI is InChI=1S/C11H19NO4/c1-12(7-10(13)14)11(15)16-8-9-5-3-2-4-6-9/h9H,2-8H2,1H3,(H,13,14). The second-order valence-electron chi connectivity index (χ2n) is 4.33. The van der Waals surface area contributed by atoms with Crippen LogP contribution in [0.4, 0.5) is 4.79 Å². The minimum Gasteiger partial charge on any atom is -0.480 e. The molecule has 5 nitrogen and oxygen atoms in total. The van der Waals surface area contributed by atoms with E-state index in [1.54, 1.807) is 0 Å². The number of rotatable bonds is 4. The summed E-state index contributed by atoms with van der Waals surface area (Å²) < 4.78 is 5.07. The summed E-state index contributed by atoms with van der Waals surface area (Å²) in [5, 5.41) is 8.50. The fourth-order valence-electron chi connectivity index (χ4n) is 1.92. The molecule has 5 heteroatoms. The van der Waals surface area contributed by atoms with Crippen LogP contribution >= 0.6 is 0 Å². The summed E-state index contributed by atoms with van der Waals surface area (Å²) in [5.41, 5.74) is 0. The van der Waals surface area contributed by atoms with Crippen molar-refractivity contribution in [1.29, 1.82) is 0 Å². The zero-order chi connectivity index (χ0) is 12.0. The molecule has 0 aromatic heterocycles. The van der Waals surface area contributed by atoms with Gasteiger partial charge in [0.15, 0.2) is 0 Å². The lowest BCUT2D eigenvalue weighted by atomic mass is 9.90. The van der Waals surface area contributed by atoms with Crippen LogP contribution in [0.5, 0.6) is 0 Å². The van der Waals surface area contributed by atoms with Crippen molar-refractivity contribution in [3.05, 3.63) is 0 Å². The third kappa shape index (κ3) is 4.51. The summed E-state index contributed by atoms with van der Waals surface area (Å²) in [6.45, 7) is 0.103. The van der Waals surface area contributed by atoms with Crippen LogP contribution in [0.15, 0.2) is 0 Å². The number of ether oxygens (including phenoxy) is 1. The Balaban J connectivity index is 2.20. The molecule has 0 aromatic rings. The molecule has 0 bridgehead atoms. The summed E-state index contributed by atoms with van der Waals surface area (Å²) in [4.78, 5) is 22.8. The molecule has 92 valence electrons. The maximum absolute atomic E-state index is 11.4. The first-order valence-electron chi connectivity index (χ1n) is 5.69. The predicted octanol–water partition coefficient (Wildman–Crippen LogP) is 1.72. The molecule has 0 atom stereocenters. The first-order valence-corrected chi connectivity index (χ1v) is 5.69. The van der Waals surface area contributed by atoms with E-state index >= 15 is 0 Å². The van der Waals surface area contributed by atoms with Gasteiger partial charge in [0.1, 0.15) is 6.54 Å². The monoisotopic (exact) mass is 229 g/mol. The van der Waals surface area contributed by atoms with Crippen molar-refractivity contribution in [3.63, 3.8) is 0 Å². The van der Waals surface area contributed by atoms with E-state index in [4.69, 9.17) is 9.84 Å². The predicted molar refractivity (Wildman–Crippen MR) is 58.2 cm³/mol. The number of carboxylic acids is 1. The van der Waals surface area contributed by atoms with Gasteiger partial charge in [-0.1, -0.05) is 19.3 Å². The van der Waals surface area contributed by atoms with Crippen LogP contribution in [0.3, 0.4) is 0 Å². The third-order valence-corrected chi connectivity index (χ3v) is 2.85. The minimum absolute atomic E-state index is 0.316. The molecule has 16 heavy (non-hydrogen) atoms. The molecule has 1 aliphatic carbocycles. The minimum atomic E-state index is -1.03. The average Bonchev–Trinajstić information content (AvgIpc) is 2.26. The Morgan fingerprint density at radius 1 is 1.31 bits per heavy atom. The van der Waals surface area contributed by atoms with Gasteiger partial charge in [0.25, 0.3) is 0 Å². The third-order valence-electron chi connectivity index (χ3n) is 2.85. The van der Waals surface area contributed by atoms with Crippen LogP contribution in [0.25, 0.3) is 0 Å². The van der Waals surface area contributed by atoms with E-state index < -0.39 is 12.1 Å². The van der Waals surface area contributed by atoms with E-state index in [1.165, 1.54) is 26.3 Å². The Hall–Kier alpha value is -1.26. The van der Waals surface area contributed by atoms with Crippen LogP contribution in [0.1, 0.15) is 32.1 Å². The molecule has 0 saturated heterocycles. The molecule has 1 rings (SSSR count). The number of carbonyl (C=O) groups is 2. The van der Waals surface area contributed by atoms with Crippen LogP contribution in [-0.4, -0.2) is 42.3 Å². The van der Waals surface area contributed by atoms with Crippen molar-refractivity contribution in [2.24, 2.45) is 5.92 Å². The lowest BCUT2D eigenvalue weighted by molar-refractivity contribution is -0.137. The smallest absolute Gasteiger partial charge is 0.410 e. The van der Waals surface area contributed by atoms with Crippen LogP contribution < -0.4 is 0 Å². The zero-order valence-corrected chi connectivity index (χ0v) is 9.65. The van der Waals surface area contributed by atoms with Gasteiger partial charge in [-0.2, -0.15) is 0 Å². The van der Waals surface area contributed by atoms with E-state index in [0.717, 1.165) is 17.7 Å². The van der Waals surface area contributed by atoms with E-state index in [-0.39, 0.29) is 6.54 Å². The van der Waals surface area contributed by atoms with Gasteiger partial charge in [0.2, 0.25) is 0 Å². The highest BCUT2D eigenvalue weighted by Gasteiger charge is 2.18. The van der Waals surface area contributed by atoms with E-state index in [1.807, 2.05) is 0 Å². The lowest BCUT2D eigenvalue weighted by Crippen LogP contribution is -2.33. The maximum atomic E-state index is 11.4. The number of aliphatic carboxylic acids is 1. The second kappa shape index (κ2) is 6.35. The lowest BCUT2D eigenvalue weighted by Gasteiger charge is -2.22. The summed E-state index contributed by atoms with van der Waals surface area (Å²) in [7, 11) is 1.43. The van der Waals surface area contributed by atoms with Gasteiger partial charge in [-0.15, -0.1) is 0 Å². The number of hydrogen-bond donors (Lipinski definition) is 1. The molecular formula is C11H19NO4. The van der Waals surface area contributed by atoms with Crippen molar-refractivity contribution in [2.45, 2.75) is 32.1 Å². The first kappa shape index (κ1) is 12.8. The number of carboxylic acid groups (broad SMARTS) is 1. The highest BCUT2D eigenvalue weighted by Crippen LogP contribution is 2.23. The molecule has 1 fully saturated rings. The Morgan fingerprint density at radius 2 is 1.94 bits per heavy atom. The van der Waals surface area contributed by atoms with Crippen molar-refractivity contribution in [3.8, 4) is 0 Å². The number of amides is 1. The molecule has 0 unspecified atom stereocenters. The summed E-state index contributed by atoms with van der Waals surface area (Å²) >= 11 is 0. The fourth-order valence-corrected chi connectivity index (χ4v) is 1.92. The molecule has 0 aliphatic heterocycles. The van der Waals surface area contributed by atoms with Crippen molar-refractivity contribution >= 4 is 12.1 Å². The Morgan fingerprint density at radius 3 is 2.50 bits per heavy atom. The molecule has 1 N–H and O–H groups in total. The molecular weight excluding hydrogens is 210 g/mol. The Kier molecular flexibility index (Phi) is 5.08. The van der Waals surface area contributed by atoms with Crippen molar-refractivity contribution in [2.75, 3.05) is 20.2 Å². The highest BCUT2D eigenvalue weighted by atomic mass is 16.6. The fraction of sp³-hybridized carbons (Fsp3) is 0.818. The van der Waals surface area contributed by atoms with E-state index in [9.17, 15) is 9.59 Å². The molecule has 0 radical (unpaired) electrons. The van der Waals surface area contributed by atoms with Crippen molar-refractivity contribution < 1.29 is 19.4 Å². The Bertz CT molecular complexity index is 248. The van der Waals surface area contributed by atoms with Gasteiger partial charge in [-0.3, -0.25) is 4.79 Å². The molecule has 1 aliphatic rings. The molecule has 0 aromatic carbocycles. The number of carbonyl (C=O) groups excluding carboxylic acids is 1. The van der Waals surface area contributed by atoms with E-state index in [0.29, 0.717) is 12.5 Å². The second-order valence-corrected chi connectivity index (χ2v) is 4.33. The van der Waals surface area contributed by atoms with Gasteiger partial charge in [-0.25, -0.2) is 4.79 Å². The number of nitrogens with zero attached hydrogens (tertiary/aromatic N) is 1. The highest BCUT2D eigenvalue weighted by molar-refractivity contribution is 5.76. The maximum Gasteiger partial charge on any atom is 0.410 e. The van der Waals surface area contributed by atoms with Crippen LogP contribution in [-0.2, 0) is 9.53 Å². The normalized spacial score (nSPS) is 16.8. The Labute approximate surface area is 95.4 Å². The van der Waals surface area contributed by atoms with Crippen molar-refractivity contribution in [1.82, 2.24) is 4.90 Å².